The van der Waals surface area contributed by atoms with Crippen LogP contribution in [0.15, 0.2) is 66.7 Å². The van der Waals surface area contributed by atoms with E-state index < -0.39 is 18.1 Å². The molecule has 0 saturated carbocycles. The van der Waals surface area contributed by atoms with Crippen LogP contribution in [-0.2, 0) is 33.9 Å². The Morgan fingerprint density at radius 1 is 1.10 bits per heavy atom. The molecule has 0 aliphatic carbocycles. The fourth-order valence-corrected chi connectivity index (χ4v) is 3.32. The van der Waals surface area contributed by atoms with Crippen molar-refractivity contribution in [3.8, 4) is 11.5 Å². The van der Waals surface area contributed by atoms with Gasteiger partial charge in [0.05, 0.1) is 20.1 Å². The van der Waals surface area contributed by atoms with Gasteiger partial charge in [0.1, 0.15) is 23.9 Å². The van der Waals surface area contributed by atoms with Gasteiger partial charge in [0.25, 0.3) is 0 Å². The molecule has 0 spiro atoms. The van der Waals surface area contributed by atoms with Gasteiger partial charge >= 0.3 is 5.97 Å². The zero-order valence-corrected chi connectivity index (χ0v) is 16.5. The van der Waals surface area contributed by atoms with Crippen LogP contribution in [0, 0.1) is 5.82 Å². The molecule has 3 aromatic carbocycles. The van der Waals surface area contributed by atoms with Gasteiger partial charge in [0.2, 0.25) is 6.29 Å². The highest BCUT2D eigenvalue weighted by atomic mass is 19.1. The molecule has 5 nitrogen and oxygen atoms in total. The van der Waals surface area contributed by atoms with Crippen LogP contribution in [0.4, 0.5) is 4.39 Å². The highest BCUT2D eigenvalue weighted by molar-refractivity contribution is 5.72. The Kier molecular flexibility index (Phi) is 5.95. The van der Waals surface area contributed by atoms with E-state index >= 15 is 0 Å². The van der Waals surface area contributed by atoms with E-state index in [9.17, 15) is 9.18 Å². The second-order valence-corrected chi connectivity index (χ2v) is 6.91. The molecule has 0 aromatic heterocycles. The Morgan fingerprint density at radius 3 is 2.73 bits per heavy atom. The number of rotatable bonds is 6. The summed E-state index contributed by atoms with van der Waals surface area (Å²) >= 11 is 0. The molecule has 6 heteroatoms. The number of esters is 1. The minimum absolute atomic E-state index is 0.0886. The molecule has 0 amide bonds. The molecule has 1 aliphatic rings. The second-order valence-electron chi connectivity index (χ2n) is 6.91. The van der Waals surface area contributed by atoms with Crippen LogP contribution in [0.25, 0.3) is 0 Å². The maximum atomic E-state index is 14.1. The molecule has 1 unspecified atom stereocenters. The Hall–Kier alpha value is -3.38. The fraction of sp³-hybridized carbons (Fsp3) is 0.208. The van der Waals surface area contributed by atoms with Gasteiger partial charge < -0.3 is 18.9 Å². The maximum Gasteiger partial charge on any atom is 0.310 e. The minimum atomic E-state index is -0.601. The van der Waals surface area contributed by atoms with Crippen molar-refractivity contribution in [2.45, 2.75) is 25.9 Å². The third-order valence-electron chi connectivity index (χ3n) is 4.77. The van der Waals surface area contributed by atoms with Crippen LogP contribution in [0.1, 0.15) is 28.5 Å². The summed E-state index contributed by atoms with van der Waals surface area (Å²) in [5.74, 6) is 0.302. The molecule has 0 radical (unpaired) electrons. The van der Waals surface area contributed by atoms with Crippen LogP contribution in [-0.4, -0.2) is 13.1 Å². The highest BCUT2D eigenvalue weighted by Gasteiger charge is 2.25. The third kappa shape index (κ3) is 4.60. The van der Waals surface area contributed by atoms with E-state index in [1.807, 2.05) is 42.5 Å². The van der Waals surface area contributed by atoms with Gasteiger partial charge in [-0.1, -0.05) is 42.5 Å². The maximum absolute atomic E-state index is 14.1. The van der Waals surface area contributed by atoms with Crippen LogP contribution in [0.5, 0.6) is 11.5 Å². The Labute approximate surface area is 174 Å². The smallest absolute Gasteiger partial charge is 0.310 e. The summed E-state index contributed by atoms with van der Waals surface area (Å²) in [6.45, 7) is 0.113. The molecule has 154 valence electrons. The van der Waals surface area contributed by atoms with Gasteiger partial charge in [-0.05, 0) is 29.8 Å². The summed E-state index contributed by atoms with van der Waals surface area (Å²) < 4.78 is 36.3. The lowest BCUT2D eigenvalue weighted by molar-refractivity contribution is -0.144. The lowest BCUT2D eigenvalue weighted by Crippen LogP contribution is -2.20. The summed E-state index contributed by atoms with van der Waals surface area (Å²) in [4.78, 5) is 12.3. The van der Waals surface area contributed by atoms with E-state index in [0.717, 1.165) is 11.1 Å². The summed E-state index contributed by atoms with van der Waals surface area (Å²) in [6, 6.07) is 19.4. The third-order valence-corrected chi connectivity index (χ3v) is 4.77. The van der Waals surface area contributed by atoms with Crippen molar-refractivity contribution >= 4 is 5.97 Å². The number of halogens is 1. The fourth-order valence-electron chi connectivity index (χ4n) is 3.32. The summed E-state index contributed by atoms with van der Waals surface area (Å²) in [6.07, 6.45) is -0.513. The minimum Gasteiger partial charge on any atom is -0.497 e. The molecule has 0 fully saturated rings. The van der Waals surface area contributed by atoms with Crippen molar-refractivity contribution in [3.05, 3.63) is 94.8 Å². The van der Waals surface area contributed by atoms with Gasteiger partial charge in [-0.3, -0.25) is 4.79 Å². The first kappa shape index (κ1) is 19.9. The summed E-state index contributed by atoms with van der Waals surface area (Å²) in [5, 5.41) is 0. The number of hydrogen-bond donors (Lipinski definition) is 0. The number of hydrogen-bond acceptors (Lipinski definition) is 5. The van der Waals surface area contributed by atoms with E-state index in [0.29, 0.717) is 22.6 Å². The highest BCUT2D eigenvalue weighted by Crippen LogP contribution is 2.36. The molecule has 4 rings (SSSR count). The predicted octanol–water partition coefficient (Wildman–Crippen LogP) is 4.73. The van der Waals surface area contributed by atoms with Gasteiger partial charge in [0.15, 0.2) is 0 Å². The van der Waals surface area contributed by atoms with Gasteiger partial charge in [-0.25, -0.2) is 4.39 Å². The van der Waals surface area contributed by atoms with E-state index in [1.165, 1.54) is 12.1 Å². The second kappa shape index (κ2) is 8.97. The lowest BCUT2D eigenvalue weighted by atomic mass is 10.1. The Balaban J connectivity index is 1.47. The number of methoxy groups -OCH3 is 1. The molecule has 30 heavy (non-hydrogen) atoms. The number of fused-ring (bicyclic) bond motifs is 1. The van der Waals surface area contributed by atoms with E-state index in [4.69, 9.17) is 18.9 Å². The Morgan fingerprint density at radius 2 is 1.93 bits per heavy atom. The lowest BCUT2D eigenvalue weighted by Gasteiger charge is -2.28. The molecule has 0 N–H and O–H groups in total. The molecule has 1 aliphatic heterocycles. The quantitative estimate of drug-likeness (QED) is 0.552. The largest absolute Gasteiger partial charge is 0.497 e. The zero-order valence-electron chi connectivity index (χ0n) is 16.5. The van der Waals surface area contributed by atoms with Crippen LogP contribution in [0.2, 0.25) is 0 Å². The van der Waals surface area contributed by atoms with Crippen LogP contribution < -0.4 is 9.47 Å². The Bertz CT molecular complexity index is 1040. The van der Waals surface area contributed by atoms with Crippen LogP contribution in [0.3, 0.4) is 0 Å². The number of ether oxygens (including phenoxy) is 4. The van der Waals surface area contributed by atoms with E-state index in [-0.39, 0.29) is 19.6 Å². The number of carbonyl (C=O) groups is 1. The average molecular weight is 408 g/mol. The van der Waals surface area contributed by atoms with Crippen molar-refractivity contribution in [2.24, 2.45) is 0 Å². The molecule has 1 atom stereocenters. The first-order valence-corrected chi connectivity index (χ1v) is 9.55. The van der Waals surface area contributed by atoms with Crippen molar-refractivity contribution in [3.63, 3.8) is 0 Å². The van der Waals surface area contributed by atoms with Crippen LogP contribution >= 0.6 is 0 Å². The monoisotopic (exact) mass is 408 g/mol. The standard InChI is InChI=1S/C24H21FO5/c1-27-21-9-5-6-16(10-21)11-22(26)28-14-18-12-20(25)13-19-15-29-24(30-23(18)19)17-7-3-2-4-8-17/h2-10,12-13,24H,11,14-15H2,1H3. The molecular weight excluding hydrogens is 387 g/mol. The molecule has 0 saturated heterocycles. The zero-order chi connectivity index (χ0) is 20.9. The molecule has 3 aromatic rings. The molecular formula is C24H21FO5. The van der Waals surface area contributed by atoms with Gasteiger partial charge in [0, 0.05) is 16.7 Å². The first-order valence-electron chi connectivity index (χ1n) is 9.55. The first-order chi connectivity index (χ1) is 14.6. The van der Waals surface area contributed by atoms with Gasteiger partial charge in [-0.2, -0.15) is 0 Å². The van der Waals surface area contributed by atoms with E-state index in [1.54, 1.807) is 19.2 Å². The SMILES string of the molecule is COc1cccc(CC(=O)OCc2cc(F)cc3c2OC(c2ccccc2)OC3)c1. The predicted molar refractivity (Wildman–Crippen MR) is 107 cm³/mol. The van der Waals surface area contributed by atoms with E-state index in [2.05, 4.69) is 0 Å². The average Bonchev–Trinajstić information content (AvgIpc) is 2.78. The normalized spacial score (nSPS) is 15.1. The van der Waals surface area contributed by atoms with Crippen molar-refractivity contribution in [1.29, 1.82) is 0 Å². The van der Waals surface area contributed by atoms with Gasteiger partial charge in [-0.15, -0.1) is 0 Å². The van der Waals surface area contributed by atoms with Crippen molar-refractivity contribution in [1.82, 2.24) is 0 Å². The summed E-state index contributed by atoms with van der Waals surface area (Å²) in [5.41, 5.74) is 2.68. The molecule has 1 heterocycles. The van der Waals surface area contributed by atoms with Crippen molar-refractivity contribution in [2.75, 3.05) is 7.11 Å². The van der Waals surface area contributed by atoms with Crippen molar-refractivity contribution < 1.29 is 28.1 Å². The topological polar surface area (TPSA) is 54.0 Å². The molecule has 0 bridgehead atoms. The number of benzene rings is 3. The summed E-state index contributed by atoms with van der Waals surface area (Å²) in [7, 11) is 1.57. The number of carbonyl (C=O) groups excluding carboxylic acids is 1.